The molecule has 0 aliphatic carbocycles. The van der Waals surface area contributed by atoms with E-state index in [1.807, 2.05) is 31.4 Å². The van der Waals surface area contributed by atoms with Gasteiger partial charge in [0.1, 0.15) is 27.8 Å². The first kappa shape index (κ1) is 29.3. The molecule has 0 atom stereocenters. The summed E-state index contributed by atoms with van der Waals surface area (Å²) >= 11 is 1.37. The number of anilines is 2. The van der Waals surface area contributed by atoms with Gasteiger partial charge in [-0.2, -0.15) is 20.2 Å². The van der Waals surface area contributed by atoms with Crippen molar-refractivity contribution in [1.29, 1.82) is 0 Å². The fraction of sp³-hybridized carbons (Fsp3) is 0.0370. The second kappa shape index (κ2) is 13.3. The maximum Gasteiger partial charge on any atom is 0.278 e. The normalized spacial score (nSPS) is 10.5. The Morgan fingerprint density at radius 3 is 1.91 bits per heavy atom. The van der Waals surface area contributed by atoms with Crippen LogP contribution < -0.4 is 16.2 Å². The van der Waals surface area contributed by atoms with Gasteiger partial charge in [0.2, 0.25) is 11.9 Å². The van der Waals surface area contributed by atoms with Crippen LogP contribution in [0.3, 0.4) is 0 Å². The topological polar surface area (TPSA) is 244 Å². The molecule has 0 aliphatic heterocycles. The molecule has 0 spiro atoms. The van der Waals surface area contributed by atoms with E-state index in [1.165, 1.54) is 23.5 Å². The highest BCUT2D eigenvalue weighted by Gasteiger charge is 2.16. The van der Waals surface area contributed by atoms with Crippen LogP contribution in [-0.2, 0) is 7.05 Å². The standard InChI is InChI=1S/C15H12N8OS.C12H9N7O2/c1-23-7-9(6-17-23)14-18-11(8-25-14)13(24)20-15-19-12(21-22-15)10-4-2-3-5-16-10;20-9-5-4-8(16-17-9)11(21)15-12-14-10(18-19-12)7-3-1-2-6-13-7/h2-8H,1H3,(H2,19,20,21,22,24);1-6H,(H,17,20)(H2,14,15,18,19,21). The number of rotatable bonds is 7. The first-order valence-electron chi connectivity index (χ1n) is 13.2. The van der Waals surface area contributed by atoms with Crippen LogP contribution in [0.4, 0.5) is 11.9 Å². The van der Waals surface area contributed by atoms with E-state index < -0.39 is 5.91 Å². The Bertz CT molecular complexity index is 2130. The minimum Gasteiger partial charge on any atom is -0.288 e. The number of pyridine rings is 2. The predicted octanol–water partition coefficient (Wildman–Crippen LogP) is 2.18. The zero-order chi connectivity index (χ0) is 31.9. The molecular weight excluding hydrogens is 614 g/mol. The molecule has 0 aliphatic rings. The third kappa shape index (κ3) is 7.06. The Balaban J connectivity index is 0.000000164. The summed E-state index contributed by atoms with van der Waals surface area (Å²) in [6.07, 6.45) is 6.83. The van der Waals surface area contributed by atoms with Crippen molar-refractivity contribution in [3.63, 3.8) is 0 Å². The molecule has 0 aromatic carbocycles. The van der Waals surface area contributed by atoms with Gasteiger partial charge in [-0.25, -0.2) is 10.1 Å². The molecule has 2 amide bonds. The average Bonchev–Trinajstić information content (AvgIpc) is 3.91. The number of nitrogens with zero attached hydrogens (tertiary/aromatic N) is 10. The van der Waals surface area contributed by atoms with Crippen molar-refractivity contribution in [2.75, 3.05) is 10.6 Å². The molecule has 0 saturated carbocycles. The van der Waals surface area contributed by atoms with Crippen LogP contribution in [0.25, 0.3) is 33.6 Å². The second-order valence-corrected chi connectivity index (χ2v) is 9.96. The van der Waals surface area contributed by atoms with E-state index in [2.05, 4.69) is 71.2 Å². The van der Waals surface area contributed by atoms with E-state index in [-0.39, 0.29) is 29.1 Å². The monoisotopic (exact) mass is 635 g/mol. The van der Waals surface area contributed by atoms with Crippen molar-refractivity contribution in [3.8, 4) is 33.6 Å². The van der Waals surface area contributed by atoms with Crippen LogP contribution in [0.5, 0.6) is 0 Å². The van der Waals surface area contributed by atoms with Gasteiger partial charge in [0.25, 0.3) is 17.4 Å². The SMILES string of the molecule is Cn1cc(-c2nc(C(=O)Nc3n[nH]c(-c4ccccn4)n3)cs2)cn1.O=C(Nc1n[nH]c(-c2ccccn2)n1)c1ccc(=O)[nH]n1. The number of aryl methyl sites for hydroxylation is 1. The summed E-state index contributed by atoms with van der Waals surface area (Å²) in [5.74, 6) is 0.261. The number of carbonyl (C=O) groups is 2. The highest BCUT2D eigenvalue weighted by atomic mass is 32.1. The zero-order valence-electron chi connectivity index (χ0n) is 23.6. The van der Waals surface area contributed by atoms with Gasteiger partial charge in [-0.05, 0) is 30.3 Å². The minimum absolute atomic E-state index is 0.0544. The third-order valence-electron chi connectivity index (χ3n) is 5.84. The number of H-pyrrole nitrogens is 3. The summed E-state index contributed by atoms with van der Waals surface area (Å²) < 4.78 is 1.68. The van der Waals surface area contributed by atoms with Crippen molar-refractivity contribution in [2.24, 2.45) is 7.05 Å². The zero-order valence-corrected chi connectivity index (χ0v) is 24.4. The van der Waals surface area contributed by atoms with Gasteiger partial charge in [0.05, 0.1) is 6.20 Å². The predicted molar refractivity (Wildman–Crippen MR) is 164 cm³/mol. The van der Waals surface area contributed by atoms with Crippen LogP contribution in [0.15, 0.2) is 83.5 Å². The lowest BCUT2D eigenvalue weighted by Gasteiger charge is -1.98. The quantitative estimate of drug-likeness (QED) is 0.169. The summed E-state index contributed by atoms with van der Waals surface area (Å²) in [4.78, 5) is 56.0. The molecule has 0 saturated heterocycles. The Kier molecular flexibility index (Phi) is 8.45. The van der Waals surface area contributed by atoms with Crippen LogP contribution in [-0.4, -0.2) is 77.1 Å². The summed E-state index contributed by atoms with van der Waals surface area (Å²) in [6.45, 7) is 0. The fourth-order valence-corrected chi connectivity index (χ4v) is 4.49. The Hall–Kier alpha value is -6.76. The smallest absolute Gasteiger partial charge is 0.278 e. The van der Waals surface area contributed by atoms with Gasteiger partial charge >= 0.3 is 0 Å². The lowest BCUT2D eigenvalue weighted by molar-refractivity contribution is 0.101. The van der Waals surface area contributed by atoms with Crippen molar-refractivity contribution < 1.29 is 9.59 Å². The molecule has 0 bridgehead atoms. The van der Waals surface area contributed by atoms with Crippen molar-refractivity contribution in [2.45, 2.75) is 0 Å². The van der Waals surface area contributed by atoms with Gasteiger partial charge in [-0.3, -0.25) is 49.9 Å². The molecule has 0 unspecified atom stereocenters. The molecule has 5 N–H and O–H groups in total. The summed E-state index contributed by atoms with van der Waals surface area (Å²) in [5, 5.41) is 30.6. The largest absolute Gasteiger partial charge is 0.288 e. The van der Waals surface area contributed by atoms with E-state index in [0.29, 0.717) is 28.7 Å². The molecule has 7 aromatic rings. The lowest BCUT2D eigenvalue weighted by atomic mass is 10.3. The number of aromatic amines is 3. The molecule has 18 nitrogen and oxygen atoms in total. The van der Waals surface area contributed by atoms with Crippen molar-refractivity contribution >= 4 is 35.0 Å². The minimum atomic E-state index is -0.530. The lowest BCUT2D eigenvalue weighted by Crippen LogP contribution is -2.18. The number of hydrogen-bond acceptors (Lipinski definition) is 13. The maximum absolute atomic E-state index is 12.3. The van der Waals surface area contributed by atoms with Crippen LogP contribution in [0.2, 0.25) is 0 Å². The summed E-state index contributed by atoms with van der Waals surface area (Å²) in [5.41, 5.74) is 2.08. The first-order valence-corrected chi connectivity index (χ1v) is 14.1. The third-order valence-corrected chi connectivity index (χ3v) is 6.73. The molecule has 228 valence electrons. The van der Waals surface area contributed by atoms with Crippen LogP contribution >= 0.6 is 11.3 Å². The molecule has 19 heteroatoms. The number of nitrogens with one attached hydrogen (secondary N) is 5. The first-order chi connectivity index (χ1) is 22.4. The number of carbonyl (C=O) groups excluding carboxylic acids is 2. The Morgan fingerprint density at radius 2 is 1.39 bits per heavy atom. The van der Waals surface area contributed by atoms with Gasteiger partial charge in [-0.15, -0.1) is 21.5 Å². The Labute approximate surface area is 261 Å². The van der Waals surface area contributed by atoms with E-state index >= 15 is 0 Å². The Morgan fingerprint density at radius 1 is 0.761 bits per heavy atom. The number of aromatic nitrogens is 13. The number of thiazole rings is 1. The van der Waals surface area contributed by atoms with Crippen LogP contribution in [0, 0.1) is 0 Å². The fourth-order valence-electron chi connectivity index (χ4n) is 3.71. The molecule has 7 heterocycles. The van der Waals surface area contributed by atoms with Gasteiger partial charge in [0.15, 0.2) is 11.6 Å². The van der Waals surface area contributed by atoms with Gasteiger partial charge in [-0.1, -0.05) is 12.1 Å². The van der Waals surface area contributed by atoms with Crippen molar-refractivity contribution in [3.05, 3.63) is 100 Å². The maximum atomic E-state index is 12.3. The van der Waals surface area contributed by atoms with Crippen LogP contribution in [0.1, 0.15) is 21.0 Å². The molecule has 0 fully saturated rings. The molecule has 0 radical (unpaired) electrons. The number of amides is 2. The summed E-state index contributed by atoms with van der Waals surface area (Å²) in [6, 6.07) is 13.3. The summed E-state index contributed by atoms with van der Waals surface area (Å²) in [7, 11) is 1.83. The average molecular weight is 636 g/mol. The van der Waals surface area contributed by atoms with Crippen molar-refractivity contribution in [1.82, 2.24) is 65.3 Å². The van der Waals surface area contributed by atoms with Gasteiger partial charge < -0.3 is 0 Å². The van der Waals surface area contributed by atoms with E-state index in [4.69, 9.17) is 0 Å². The highest BCUT2D eigenvalue weighted by Crippen LogP contribution is 2.23. The van der Waals surface area contributed by atoms with E-state index in [9.17, 15) is 14.4 Å². The molecule has 7 rings (SSSR count). The highest BCUT2D eigenvalue weighted by molar-refractivity contribution is 7.13. The second-order valence-electron chi connectivity index (χ2n) is 9.10. The molecular formula is C27H21N15O3S. The van der Waals surface area contributed by atoms with E-state index in [0.717, 1.165) is 10.6 Å². The molecule has 46 heavy (non-hydrogen) atoms. The molecule has 7 aromatic heterocycles. The number of hydrogen-bond donors (Lipinski definition) is 5. The van der Waals surface area contributed by atoms with Gasteiger partial charge in [0, 0.05) is 42.6 Å². The van der Waals surface area contributed by atoms with E-state index in [1.54, 1.807) is 46.9 Å².